The van der Waals surface area contributed by atoms with Gasteiger partial charge in [-0.25, -0.2) is 8.78 Å². The molecule has 490 valence electrons. The molecular weight excluding hydrogens is 1180 g/mol. The molecule has 2 aromatic rings. The minimum absolute atomic E-state index is 0. The normalized spacial score (nSPS) is 40.6. The Morgan fingerprint density at radius 3 is 1.65 bits per heavy atom. The number of aliphatic hydroxyl groups excluding tert-OH is 4. The summed E-state index contributed by atoms with van der Waals surface area (Å²) in [4.78, 5) is 25.4. The Labute approximate surface area is 534 Å². The van der Waals surface area contributed by atoms with Gasteiger partial charge in [-0.3, -0.25) is 4.79 Å². The lowest BCUT2D eigenvalue weighted by atomic mass is 9.46. The van der Waals surface area contributed by atoms with Crippen LogP contribution in [0.3, 0.4) is 0 Å². The largest absolute Gasteiger partial charge is 0.508 e. The number of alkyl halides is 2. The molecule has 5 N–H and O–H groups in total. The number of hydrogen-bond acceptors (Lipinski definition) is 18. The van der Waals surface area contributed by atoms with Gasteiger partial charge in [0.2, 0.25) is 0 Å². The van der Waals surface area contributed by atoms with Crippen LogP contribution in [0.4, 0.5) is 8.78 Å². The number of thiol groups is 1. The van der Waals surface area contributed by atoms with E-state index in [4.69, 9.17) is 33.7 Å². The van der Waals surface area contributed by atoms with Crippen LogP contribution in [0.1, 0.15) is 112 Å². The lowest BCUT2D eigenvalue weighted by Gasteiger charge is -2.60. The van der Waals surface area contributed by atoms with E-state index in [9.17, 15) is 25.2 Å². The average molecular weight is 1280 g/mol. The minimum atomic E-state index is -1.37. The molecule has 8 fully saturated rings. The molecule has 0 radical (unpaired) electrons. The number of allylic oxidation sites excluding steroid dienone is 8. The van der Waals surface area contributed by atoms with Crippen molar-refractivity contribution in [3.8, 4) is 5.75 Å². The number of carbonyl (C=O) groups is 1. The van der Waals surface area contributed by atoms with Crippen molar-refractivity contribution in [3.63, 3.8) is 0 Å². The summed E-state index contributed by atoms with van der Waals surface area (Å²) in [6.07, 6.45) is 8.85. The summed E-state index contributed by atoms with van der Waals surface area (Å²) in [5.74, 6) is -1.51. The fourth-order valence-corrected chi connectivity index (χ4v) is 19.3. The third-order valence-electron chi connectivity index (χ3n) is 21.4. The number of carbonyl (C=O) groups excluding carboxylic acids is 1. The maximum atomic E-state index is 16.2. The molecule has 0 spiro atoms. The number of benzene rings is 2. The average Bonchev–Trinajstić information content (AvgIpc) is 1.56. The van der Waals surface area contributed by atoms with Crippen LogP contribution < -0.4 is 0 Å². The molecule has 16 nitrogen and oxygen atoms in total. The van der Waals surface area contributed by atoms with Crippen LogP contribution in [-0.4, -0.2) is 165 Å². The molecule has 20 heteroatoms. The molecule has 10 aliphatic rings. The van der Waals surface area contributed by atoms with Crippen LogP contribution in [0.15, 0.2) is 116 Å². The third-order valence-corrected chi connectivity index (χ3v) is 22.5. The Bertz CT molecular complexity index is 3160. The van der Waals surface area contributed by atoms with Gasteiger partial charge >= 0.3 is 0 Å². The van der Waals surface area contributed by atoms with E-state index in [2.05, 4.69) is 60.1 Å². The van der Waals surface area contributed by atoms with Crippen molar-refractivity contribution in [1.82, 2.24) is 5.01 Å². The molecule has 0 unspecified atom stereocenters. The summed E-state index contributed by atoms with van der Waals surface area (Å²) in [5, 5.41) is 67.7. The molecule has 89 heavy (non-hydrogen) atoms. The highest BCUT2D eigenvalue weighted by Gasteiger charge is 2.79. The summed E-state index contributed by atoms with van der Waals surface area (Å²) in [7, 11) is 3.62. The number of phenolic OH excluding ortho intramolecular Hbond substituents is 1. The number of aryl methyl sites for hydroxylation is 2. The molecule has 2 aliphatic heterocycles. The van der Waals surface area contributed by atoms with Crippen LogP contribution in [0.5, 0.6) is 5.75 Å². The molecular formula is C69H96F2N4O12S2. The first kappa shape index (κ1) is 68.9. The summed E-state index contributed by atoms with van der Waals surface area (Å²) in [6, 6.07) is 15.5. The predicted molar refractivity (Wildman–Crippen MR) is 345 cm³/mol. The zero-order chi connectivity index (χ0) is 63.7. The molecule has 2 heterocycles. The van der Waals surface area contributed by atoms with Crippen molar-refractivity contribution in [2.24, 2.45) is 72.6 Å². The fourth-order valence-electron chi connectivity index (χ4n) is 18.4. The number of hydrazone groups is 1. The van der Waals surface area contributed by atoms with Gasteiger partial charge in [0.1, 0.15) is 54.9 Å². The Balaban J connectivity index is 0.000000186. The van der Waals surface area contributed by atoms with E-state index in [0.717, 1.165) is 11.3 Å². The van der Waals surface area contributed by atoms with Gasteiger partial charge in [-0.2, -0.15) is 17.7 Å². The van der Waals surface area contributed by atoms with Crippen molar-refractivity contribution in [3.05, 3.63) is 107 Å². The number of oxime groups is 2. The van der Waals surface area contributed by atoms with Crippen molar-refractivity contribution in [2.75, 3.05) is 52.0 Å². The smallest absolute Gasteiger partial charge is 0.193 e. The fraction of sp³-hybridized carbons (Fsp3) is 0.652. The number of fused-ring (bicyclic) bond motifs is 14. The molecule has 0 bridgehead atoms. The number of hydrogen-bond donors (Lipinski definition) is 6. The molecule has 8 aliphatic carbocycles. The van der Waals surface area contributed by atoms with Gasteiger partial charge in [0, 0.05) is 64.0 Å². The van der Waals surface area contributed by atoms with Crippen LogP contribution in [0, 0.1) is 71.0 Å². The Kier molecular flexibility index (Phi) is 20.0. The lowest BCUT2D eigenvalue weighted by Crippen LogP contribution is -2.64. The SMILES string of the molecule is C.CN(C)/N=C(/CO)[C@@]12OC(C)(C)O[C@@H]1C[C@H]1[C@@H]3C[C@H](F)C4=C/C(=N/OCCS)C=C[C@]4(C)[C@H]3[C@@H](O)C[C@@]12C.Cc1cccc(O)c1.Cc1cccc(SCCO/N=C2\C=C[C@@]3(C)C(=C2)[C@@H](F)C[C@@H]2[C@@H]3[C@@H](O)C[C@@]3(C)[C@H]2C[C@H]2OC(C)(C)O[C@]23C(=O)CO)c1. The number of nitrogens with zero attached hydrogens (tertiary/aromatic N) is 4. The highest BCUT2D eigenvalue weighted by atomic mass is 32.2. The monoisotopic (exact) mass is 1270 g/mol. The van der Waals surface area contributed by atoms with E-state index in [1.807, 2.05) is 98.1 Å². The topological polar surface area (TPSA) is 214 Å². The van der Waals surface area contributed by atoms with Gasteiger partial charge in [-0.05, 0) is 169 Å². The molecule has 12 rings (SSSR count). The number of rotatable bonds is 13. The molecule has 6 saturated carbocycles. The Morgan fingerprint density at radius 1 is 0.708 bits per heavy atom. The van der Waals surface area contributed by atoms with Gasteiger partial charge in [-0.1, -0.05) is 87.4 Å². The second-order valence-electron chi connectivity index (χ2n) is 28.0. The Hall–Kier alpha value is -4.48. The first-order valence-corrected chi connectivity index (χ1v) is 32.8. The van der Waals surface area contributed by atoms with Crippen molar-refractivity contribution < 1.29 is 67.7 Å². The Morgan fingerprint density at radius 2 is 1.19 bits per heavy atom. The summed E-state index contributed by atoms with van der Waals surface area (Å²) < 4.78 is 58.1. The highest BCUT2D eigenvalue weighted by molar-refractivity contribution is 7.99. The van der Waals surface area contributed by atoms with E-state index < -0.39 is 87.5 Å². The number of aliphatic hydroxyl groups is 4. The summed E-state index contributed by atoms with van der Waals surface area (Å²) in [5.41, 5.74) is -0.0158. The third kappa shape index (κ3) is 12.1. The molecule has 0 amide bonds. The highest BCUT2D eigenvalue weighted by Crippen LogP contribution is 2.73. The number of halogens is 2. The molecule has 0 aromatic heterocycles. The van der Waals surface area contributed by atoms with Gasteiger partial charge in [0.15, 0.2) is 23.0 Å². The quantitative estimate of drug-likeness (QED) is 0.0362. The van der Waals surface area contributed by atoms with Gasteiger partial charge in [-0.15, -0.1) is 11.8 Å². The lowest BCUT2D eigenvalue weighted by molar-refractivity contribution is -0.226. The first-order valence-electron chi connectivity index (χ1n) is 31.2. The van der Waals surface area contributed by atoms with E-state index >= 15 is 8.78 Å². The van der Waals surface area contributed by atoms with E-state index in [1.54, 1.807) is 54.9 Å². The minimum Gasteiger partial charge on any atom is -0.508 e. The zero-order valence-corrected chi connectivity index (χ0v) is 54.7. The van der Waals surface area contributed by atoms with Crippen LogP contribution in [0.2, 0.25) is 0 Å². The van der Waals surface area contributed by atoms with Crippen LogP contribution >= 0.6 is 24.4 Å². The number of ketones is 1. The van der Waals surface area contributed by atoms with Crippen molar-refractivity contribution in [1.29, 1.82) is 0 Å². The molecule has 18 atom stereocenters. The van der Waals surface area contributed by atoms with E-state index in [-0.39, 0.29) is 62.1 Å². The van der Waals surface area contributed by atoms with Crippen LogP contribution in [0.25, 0.3) is 0 Å². The second-order valence-corrected chi connectivity index (χ2v) is 29.6. The zero-order valence-electron chi connectivity index (χ0n) is 53.0. The maximum absolute atomic E-state index is 16.2. The number of thioether (sulfide) groups is 1. The molecule has 2 saturated heterocycles. The van der Waals surface area contributed by atoms with Crippen molar-refractivity contribution >= 4 is 47.3 Å². The van der Waals surface area contributed by atoms with Crippen molar-refractivity contribution in [2.45, 2.75) is 180 Å². The predicted octanol–water partition coefficient (Wildman–Crippen LogP) is 10.9. The standard InChI is InChI=1S/C33H42FNO6S.C28H42FN3O5S.C7H8O.CH4/c1-19-7-6-8-21(13-19)42-12-11-39-35-20-9-10-31(4)24(14-20)25(34)15-22-23-16-28-33(27(38)18-36,41-30(2,3)40-28)32(23,5)17-26(37)29(22)31;1-25(2)36-23-13-18-17-12-20(29)19-11-16(31-35-9-10-38)7-8-26(19,3)24(17)21(34)14-27(18,4)28(23,37-25)22(15-33)30-32(5)6;1-6-3-2-4-7(8)5-6;/h6-10,13-14,22-23,25-26,28-29,36-37H,11-12,15-18H2,1-5H3;7-8,11,17-18,20-21,23-24,33-34,38H,9-10,12-15H2,1-6H3;2-5,8H,1H3;1H4/b35-20+;30-22-,31-16+;;/t22-,23-,25-,26-,28+,29+,31-,32-,33+;17-,18-,20-,21-,23+,24+,26-,27-,28+;;/m00../s1. The second kappa shape index (κ2) is 25.8. The summed E-state index contributed by atoms with van der Waals surface area (Å²) >= 11 is 5.83. The summed E-state index contributed by atoms with van der Waals surface area (Å²) in [6.45, 7) is 19.3. The van der Waals surface area contributed by atoms with Gasteiger partial charge in [0.25, 0.3) is 0 Å². The van der Waals surface area contributed by atoms with Crippen LogP contribution in [-0.2, 0) is 33.4 Å². The maximum Gasteiger partial charge on any atom is 0.193 e. The number of aromatic hydroxyl groups is 1. The van der Waals surface area contributed by atoms with E-state index in [0.29, 0.717) is 85.1 Å². The number of phenols is 1. The number of Topliss-reactive ketones (excluding diaryl/α,β-unsaturated/α-hetero) is 1. The molecule has 2 aromatic carbocycles. The first-order chi connectivity index (χ1) is 41.5. The van der Waals surface area contributed by atoms with Gasteiger partial charge < -0.3 is 59.2 Å². The van der Waals surface area contributed by atoms with E-state index in [1.165, 1.54) is 10.5 Å². The number of ether oxygens (including phenoxy) is 4. The van der Waals surface area contributed by atoms with Gasteiger partial charge in [0.05, 0.1) is 36.7 Å².